The van der Waals surface area contributed by atoms with Crippen molar-refractivity contribution in [3.8, 4) is 11.8 Å². The fourth-order valence-corrected chi connectivity index (χ4v) is 4.55. The Labute approximate surface area is 188 Å². The predicted octanol–water partition coefficient (Wildman–Crippen LogP) is 4.29. The average Bonchev–Trinajstić information content (AvgIpc) is 2.70. The maximum atomic E-state index is 13.4. The maximum Gasteiger partial charge on any atom is 0.162 e. The Morgan fingerprint density at radius 3 is 2.77 bits per heavy atom. The molecule has 1 aliphatic heterocycles. The fraction of sp³-hybridized carbons (Fsp3) is 0.417. The van der Waals surface area contributed by atoms with Gasteiger partial charge in [0.15, 0.2) is 5.78 Å². The summed E-state index contributed by atoms with van der Waals surface area (Å²) in [6.45, 7) is 9.00. The third kappa shape index (κ3) is 4.48. The van der Waals surface area contributed by atoms with Gasteiger partial charge in [-0.05, 0) is 29.5 Å². The molecular formula is C24H28ClN3O3. The van der Waals surface area contributed by atoms with E-state index in [4.69, 9.17) is 26.8 Å². The number of hydrogen-bond acceptors (Lipinski definition) is 6. The zero-order chi connectivity index (χ0) is 22.8. The van der Waals surface area contributed by atoms with E-state index in [2.05, 4.69) is 26.5 Å². The van der Waals surface area contributed by atoms with E-state index in [1.807, 2.05) is 11.0 Å². The number of methoxy groups -OCH3 is 1. The minimum absolute atomic E-state index is 0.0297. The molecule has 2 aliphatic rings. The number of nitrogens with two attached hydrogens (primary N) is 1. The van der Waals surface area contributed by atoms with Crippen molar-refractivity contribution in [3.05, 3.63) is 64.1 Å². The molecule has 1 heterocycles. The molecule has 1 aromatic carbocycles. The zero-order valence-electron chi connectivity index (χ0n) is 18.2. The summed E-state index contributed by atoms with van der Waals surface area (Å²) in [5.41, 5.74) is 8.86. The molecule has 3 rings (SSSR count). The van der Waals surface area contributed by atoms with Gasteiger partial charge in [-0.1, -0.05) is 44.2 Å². The number of halogens is 1. The van der Waals surface area contributed by atoms with Crippen LogP contribution in [0.3, 0.4) is 0 Å². The highest BCUT2D eigenvalue weighted by Crippen LogP contribution is 2.49. The number of ketones is 1. The maximum absolute atomic E-state index is 13.4. The van der Waals surface area contributed by atoms with Gasteiger partial charge < -0.3 is 20.1 Å². The smallest absolute Gasteiger partial charge is 0.162 e. The average molecular weight is 442 g/mol. The first-order valence-electron chi connectivity index (χ1n) is 10.2. The molecule has 1 aromatic rings. The van der Waals surface area contributed by atoms with Crippen molar-refractivity contribution in [2.75, 3.05) is 26.9 Å². The Balaban J connectivity index is 2.16. The van der Waals surface area contributed by atoms with Crippen molar-refractivity contribution in [1.29, 1.82) is 5.26 Å². The molecule has 1 aliphatic carbocycles. The van der Waals surface area contributed by atoms with Crippen LogP contribution in [0.4, 0.5) is 0 Å². The standard InChI is InChI=1S/C24H28ClN3O3/c1-5-9-31-20-7-6-15(11-17(20)25)21-16(14-26)23(27)28(8-10-30-4)18-12-24(2,3)13-19(29)22(18)21/h5-7,11,21H,1,8-10,12-13,27H2,2-4H3/t21-/m0/s1. The quantitative estimate of drug-likeness (QED) is 0.635. The van der Waals surface area contributed by atoms with Crippen LogP contribution in [0, 0.1) is 16.7 Å². The van der Waals surface area contributed by atoms with Gasteiger partial charge >= 0.3 is 0 Å². The summed E-state index contributed by atoms with van der Waals surface area (Å²) in [5.74, 6) is 0.343. The highest BCUT2D eigenvalue weighted by atomic mass is 35.5. The van der Waals surface area contributed by atoms with Gasteiger partial charge in [0.05, 0.1) is 29.2 Å². The lowest BCUT2D eigenvalue weighted by atomic mass is 9.68. The van der Waals surface area contributed by atoms with E-state index in [9.17, 15) is 10.1 Å². The summed E-state index contributed by atoms with van der Waals surface area (Å²) in [6, 6.07) is 7.58. The van der Waals surface area contributed by atoms with E-state index < -0.39 is 5.92 Å². The van der Waals surface area contributed by atoms with Crippen LogP contribution in [0.2, 0.25) is 5.02 Å². The van der Waals surface area contributed by atoms with Crippen LogP contribution in [0.1, 0.15) is 38.2 Å². The van der Waals surface area contributed by atoms with E-state index in [-0.39, 0.29) is 11.2 Å². The first kappa shape index (κ1) is 22.9. The fourth-order valence-electron chi connectivity index (χ4n) is 4.31. The predicted molar refractivity (Wildman–Crippen MR) is 120 cm³/mol. The second-order valence-electron chi connectivity index (χ2n) is 8.58. The first-order chi connectivity index (χ1) is 14.7. The molecule has 0 amide bonds. The first-order valence-corrected chi connectivity index (χ1v) is 10.6. The van der Waals surface area contributed by atoms with Crippen LogP contribution in [0.15, 0.2) is 53.5 Å². The Bertz CT molecular complexity index is 1000. The lowest BCUT2D eigenvalue weighted by Crippen LogP contribution is -2.43. The SMILES string of the molecule is C=CCOc1ccc([C@H]2C(C#N)=C(N)N(CCOC)C3=C2C(=O)CC(C)(C)C3)cc1Cl. The van der Waals surface area contributed by atoms with Crippen LogP contribution in [0.25, 0.3) is 0 Å². The van der Waals surface area contributed by atoms with Gasteiger partial charge in [0.1, 0.15) is 18.2 Å². The van der Waals surface area contributed by atoms with Crippen molar-refractivity contribution in [3.63, 3.8) is 0 Å². The number of carbonyl (C=O) groups is 1. The van der Waals surface area contributed by atoms with Gasteiger partial charge in [0.2, 0.25) is 0 Å². The topological polar surface area (TPSA) is 88.6 Å². The molecule has 0 aromatic heterocycles. The number of benzene rings is 1. The van der Waals surface area contributed by atoms with Crippen molar-refractivity contribution in [2.45, 2.75) is 32.6 Å². The molecule has 2 N–H and O–H groups in total. The second-order valence-corrected chi connectivity index (χ2v) is 8.99. The summed E-state index contributed by atoms with van der Waals surface area (Å²) in [5, 5.41) is 10.4. The summed E-state index contributed by atoms with van der Waals surface area (Å²) in [7, 11) is 1.61. The third-order valence-electron chi connectivity index (χ3n) is 5.65. The number of nitriles is 1. The molecule has 0 spiro atoms. The monoisotopic (exact) mass is 441 g/mol. The Morgan fingerprint density at radius 2 is 2.16 bits per heavy atom. The zero-order valence-corrected chi connectivity index (χ0v) is 19.0. The highest BCUT2D eigenvalue weighted by Gasteiger charge is 2.44. The molecule has 0 unspecified atom stereocenters. The van der Waals surface area contributed by atoms with Crippen molar-refractivity contribution < 1.29 is 14.3 Å². The second kappa shape index (κ2) is 9.17. The van der Waals surface area contributed by atoms with Crippen LogP contribution >= 0.6 is 11.6 Å². The molecule has 0 radical (unpaired) electrons. The number of Topliss-reactive ketones (excluding diaryl/α,β-unsaturated/α-hetero) is 1. The number of hydrogen-bond donors (Lipinski definition) is 1. The number of allylic oxidation sites excluding steroid dienone is 3. The Morgan fingerprint density at radius 1 is 1.42 bits per heavy atom. The van der Waals surface area contributed by atoms with Gasteiger partial charge in [0.25, 0.3) is 0 Å². The molecule has 1 atom stereocenters. The Kier molecular flexibility index (Phi) is 6.78. The molecular weight excluding hydrogens is 414 g/mol. The third-order valence-corrected chi connectivity index (χ3v) is 5.95. The minimum Gasteiger partial charge on any atom is -0.488 e. The summed E-state index contributed by atoms with van der Waals surface area (Å²) >= 11 is 6.45. The lowest BCUT2D eigenvalue weighted by molar-refractivity contribution is -0.118. The van der Waals surface area contributed by atoms with E-state index in [1.54, 1.807) is 25.3 Å². The van der Waals surface area contributed by atoms with Gasteiger partial charge in [-0.25, -0.2) is 0 Å². The normalized spacial score (nSPS) is 20.4. The van der Waals surface area contributed by atoms with E-state index in [1.165, 1.54) is 0 Å². The van der Waals surface area contributed by atoms with Crippen molar-refractivity contribution in [1.82, 2.24) is 4.90 Å². The minimum atomic E-state index is -0.562. The summed E-state index contributed by atoms with van der Waals surface area (Å²) in [4.78, 5) is 15.2. The van der Waals surface area contributed by atoms with Gasteiger partial charge in [-0.3, -0.25) is 4.79 Å². The van der Waals surface area contributed by atoms with Gasteiger partial charge in [-0.15, -0.1) is 0 Å². The summed E-state index contributed by atoms with van der Waals surface area (Å²) < 4.78 is 10.8. The molecule has 6 nitrogen and oxygen atoms in total. The van der Waals surface area contributed by atoms with Crippen LogP contribution in [-0.4, -0.2) is 37.6 Å². The number of carbonyl (C=O) groups excluding carboxylic acids is 1. The summed E-state index contributed by atoms with van der Waals surface area (Å²) in [6.07, 6.45) is 2.73. The van der Waals surface area contributed by atoms with E-state index in [0.29, 0.717) is 60.3 Å². The lowest BCUT2D eigenvalue weighted by Gasteiger charge is -2.43. The van der Waals surface area contributed by atoms with E-state index in [0.717, 1.165) is 11.3 Å². The van der Waals surface area contributed by atoms with E-state index >= 15 is 0 Å². The van der Waals surface area contributed by atoms with Crippen LogP contribution < -0.4 is 10.5 Å². The molecule has 31 heavy (non-hydrogen) atoms. The Hall–Kier alpha value is -2.75. The molecule has 0 saturated carbocycles. The molecule has 0 saturated heterocycles. The number of ether oxygens (including phenoxy) is 2. The molecule has 0 fully saturated rings. The van der Waals surface area contributed by atoms with Crippen molar-refractivity contribution >= 4 is 17.4 Å². The van der Waals surface area contributed by atoms with Crippen molar-refractivity contribution in [2.24, 2.45) is 11.1 Å². The van der Waals surface area contributed by atoms with Crippen LogP contribution in [0.5, 0.6) is 5.75 Å². The molecule has 7 heteroatoms. The number of nitrogens with zero attached hydrogens (tertiary/aromatic N) is 2. The van der Waals surface area contributed by atoms with Gasteiger partial charge in [-0.2, -0.15) is 5.26 Å². The van der Waals surface area contributed by atoms with Gasteiger partial charge in [0, 0.05) is 31.3 Å². The highest BCUT2D eigenvalue weighted by molar-refractivity contribution is 6.32. The largest absolute Gasteiger partial charge is 0.488 e. The van der Waals surface area contributed by atoms with Crippen LogP contribution in [-0.2, 0) is 9.53 Å². The molecule has 164 valence electrons. The number of rotatable bonds is 7. The molecule has 0 bridgehead atoms.